The monoisotopic (exact) mass is 278 g/mol. The first kappa shape index (κ1) is 14.9. The first-order valence-corrected chi connectivity index (χ1v) is 8.63. The number of rotatable bonds is 7. The van der Waals surface area contributed by atoms with Gasteiger partial charge in [-0.1, -0.05) is 31.2 Å². The smallest absolute Gasteiger partial charge is 0.0237 e. The van der Waals surface area contributed by atoms with Gasteiger partial charge in [0.05, 0.1) is 0 Å². The minimum Gasteiger partial charge on any atom is -0.316 e. The molecule has 19 heavy (non-hydrogen) atoms. The summed E-state index contributed by atoms with van der Waals surface area (Å²) >= 11 is 2.08. The predicted molar refractivity (Wildman–Crippen MR) is 85.9 cm³/mol. The molecule has 1 aromatic rings. The van der Waals surface area contributed by atoms with Crippen LogP contribution in [0.15, 0.2) is 24.3 Å². The zero-order valence-corrected chi connectivity index (χ0v) is 12.8. The van der Waals surface area contributed by atoms with Gasteiger partial charge in [0.15, 0.2) is 0 Å². The van der Waals surface area contributed by atoms with Crippen LogP contribution in [0.4, 0.5) is 0 Å². The van der Waals surface area contributed by atoms with Gasteiger partial charge in [-0.3, -0.25) is 4.90 Å². The highest BCUT2D eigenvalue weighted by atomic mass is 32.2. The normalized spacial score (nSPS) is 16.7. The van der Waals surface area contributed by atoms with Gasteiger partial charge in [-0.15, -0.1) is 0 Å². The van der Waals surface area contributed by atoms with Crippen molar-refractivity contribution in [1.82, 2.24) is 10.2 Å². The molecule has 1 aromatic carbocycles. The van der Waals surface area contributed by atoms with Gasteiger partial charge in [0.25, 0.3) is 0 Å². The minimum absolute atomic E-state index is 1.10. The zero-order chi connectivity index (χ0) is 13.3. The molecular formula is C16H26N2S. The summed E-state index contributed by atoms with van der Waals surface area (Å²) in [5.74, 6) is 2.58. The van der Waals surface area contributed by atoms with Crippen molar-refractivity contribution in [1.29, 1.82) is 0 Å². The lowest BCUT2D eigenvalue weighted by molar-refractivity contribution is 0.293. The van der Waals surface area contributed by atoms with Crippen molar-refractivity contribution in [3.05, 3.63) is 35.4 Å². The summed E-state index contributed by atoms with van der Waals surface area (Å²) in [6.07, 6.45) is 2.37. The van der Waals surface area contributed by atoms with Crippen LogP contribution in [0.3, 0.4) is 0 Å². The summed E-state index contributed by atoms with van der Waals surface area (Å²) in [5, 5.41) is 3.50. The van der Waals surface area contributed by atoms with Crippen molar-refractivity contribution in [2.75, 3.05) is 37.7 Å². The van der Waals surface area contributed by atoms with E-state index in [0.29, 0.717) is 0 Å². The quantitative estimate of drug-likeness (QED) is 0.772. The highest BCUT2D eigenvalue weighted by Crippen LogP contribution is 2.16. The first-order valence-electron chi connectivity index (χ1n) is 7.47. The van der Waals surface area contributed by atoms with Crippen molar-refractivity contribution in [2.45, 2.75) is 26.3 Å². The van der Waals surface area contributed by atoms with Crippen molar-refractivity contribution in [2.24, 2.45) is 0 Å². The lowest BCUT2D eigenvalue weighted by Gasteiger charge is -2.27. The molecule has 1 heterocycles. The van der Waals surface area contributed by atoms with Crippen molar-refractivity contribution >= 4 is 11.8 Å². The molecule has 1 fully saturated rings. The van der Waals surface area contributed by atoms with E-state index in [4.69, 9.17) is 0 Å². The molecule has 106 valence electrons. The fourth-order valence-corrected chi connectivity index (χ4v) is 3.46. The van der Waals surface area contributed by atoms with Gasteiger partial charge >= 0.3 is 0 Å². The molecule has 3 heteroatoms. The lowest BCUT2D eigenvalue weighted by atomic mass is 10.0. The highest BCUT2D eigenvalue weighted by Gasteiger charge is 2.12. The van der Waals surface area contributed by atoms with Gasteiger partial charge in [0.2, 0.25) is 0 Å². The largest absolute Gasteiger partial charge is 0.316 e. The molecule has 0 bridgehead atoms. The zero-order valence-electron chi connectivity index (χ0n) is 12.0. The minimum atomic E-state index is 1.10. The SMILES string of the molecule is CCCNCCc1ccccc1CN1CCSCC1. The van der Waals surface area contributed by atoms with Crippen LogP contribution in [0, 0.1) is 0 Å². The molecule has 0 aliphatic carbocycles. The molecule has 0 spiro atoms. The van der Waals surface area contributed by atoms with E-state index < -0.39 is 0 Å². The second kappa shape index (κ2) is 8.62. The van der Waals surface area contributed by atoms with E-state index in [1.165, 1.54) is 42.1 Å². The Labute approximate surface area is 122 Å². The van der Waals surface area contributed by atoms with Crippen molar-refractivity contribution < 1.29 is 0 Å². The van der Waals surface area contributed by atoms with Crippen LogP contribution >= 0.6 is 11.8 Å². The van der Waals surface area contributed by atoms with E-state index in [9.17, 15) is 0 Å². The number of benzene rings is 1. The van der Waals surface area contributed by atoms with Gasteiger partial charge in [0, 0.05) is 31.1 Å². The summed E-state index contributed by atoms with van der Waals surface area (Å²) < 4.78 is 0. The van der Waals surface area contributed by atoms with Crippen LogP contribution in [0.25, 0.3) is 0 Å². The van der Waals surface area contributed by atoms with Gasteiger partial charge in [-0.2, -0.15) is 11.8 Å². The Kier molecular flexibility index (Phi) is 6.75. The molecule has 2 rings (SSSR count). The summed E-state index contributed by atoms with van der Waals surface area (Å²) in [7, 11) is 0. The molecule has 0 unspecified atom stereocenters. The molecule has 1 aliphatic rings. The molecule has 2 nitrogen and oxygen atoms in total. The van der Waals surface area contributed by atoms with E-state index in [1.807, 2.05) is 0 Å². The maximum atomic E-state index is 3.50. The van der Waals surface area contributed by atoms with Crippen LogP contribution in [0.1, 0.15) is 24.5 Å². The standard InChI is InChI=1S/C16H26N2S/c1-2-8-17-9-7-15-5-3-4-6-16(15)14-18-10-12-19-13-11-18/h3-6,17H,2,7-14H2,1H3. The van der Waals surface area contributed by atoms with E-state index in [-0.39, 0.29) is 0 Å². The molecular weight excluding hydrogens is 252 g/mol. The Morgan fingerprint density at radius 1 is 1.11 bits per heavy atom. The molecule has 0 amide bonds. The average molecular weight is 278 g/mol. The molecule has 0 saturated carbocycles. The first-order chi connectivity index (χ1) is 9.40. The maximum absolute atomic E-state index is 3.50. The topological polar surface area (TPSA) is 15.3 Å². The Hall–Kier alpha value is -0.510. The fourth-order valence-electron chi connectivity index (χ4n) is 2.48. The number of hydrogen-bond acceptors (Lipinski definition) is 3. The predicted octanol–water partition coefficient (Wildman–Crippen LogP) is 2.78. The molecule has 1 aliphatic heterocycles. The average Bonchev–Trinajstić information content (AvgIpc) is 2.46. The fraction of sp³-hybridized carbons (Fsp3) is 0.625. The van der Waals surface area contributed by atoms with Gasteiger partial charge in [-0.25, -0.2) is 0 Å². The van der Waals surface area contributed by atoms with E-state index in [2.05, 4.69) is 53.2 Å². The van der Waals surface area contributed by atoms with E-state index in [0.717, 1.165) is 26.1 Å². The Balaban J connectivity index is 1.87. The Bertz CT molecular complexity index is 362. The van der Waals surface area contributed by atoms with Crippen LogP contribution in [0.2, 0.25) is 0 Å². The third-order valence-corrected chi connectivity index (χ3v) is 4.56. The van der Waals surface area contributed by atoms with Crippen LogP contribution in [-0.2, 0) is 13.0 Å². The number of nitrogens with zero attached hydrogens (tertiary/aromatic N) is 1. The third-order valence-electron chi connectivity index (χ3n) is 3.61. The second-order valence-electron chi connectivity index (χ2n) is 5.16. The molecule has 0 radical (unpaired) electrons. The van der Waals surface area contributed by atoms with Gasteiger partial charge < -0.3 is 5.32 Å². The van der Waals surface area contributed by atoms with Crippen molar-refractivity contribution in [3.63, 3.8) is 0 Å². The molecule has 0 atom stereocenters. The summed E-state index contributed by atoms with van der Waals surface area (Å²) in [4.78, 5) is 2.59. The van der Waals surface area contributed by atoms with Crippen LogP contribution in [-0.4, -0.2) is 42.6 Å². The number of nitrogens with one attached hydrogen (secondary N) is 1. The molecule has 1 N–H and O–H groups in total. The van der Waals surface area contributed by atoms with Gasteiger partial charge in [-0.05, 0) is 37.1 Å². The summed E-state index contributed by atoms with van der Waals surface area (Å²) in [6.45, 7) is 8.06. The summed E-state index contributed by atoms with van der Waals surface area (Å²) in [5.41, 5.74) is 3.04. The Morgan fingerprint density at radius 2 is 1.84 bits per heavy atom. The highest BCUT2D eigenvalue weighted by molar-refractivity contribution is 7.99. The van der Waals surface area contributed by atoms with Crippen molar-refractivity contribution in [3.8, 4) is 0 Å². The van der Waals surface area contributed by atoms with Crippen LogP contribution < -0.4 is 5.32 Å². The van der Waals surface area contributed by atoms with Gasteiger partial charge in [0.1, 0.15) is 0 Å². The molecule has 0 aromatic heterocycles. The summed E-state index contributed by atoms with van der Waals surface area (Å²) in [6, 6.07) is 8.94. The lowest BCUT2D eigenvalue weighted by Crippen LogP contribution is -2.32. The van der Waals surface area contributed by atoms with Crippen LogP contribution in [0.5, 0.6) is 0 Å². The van der Waals surface area contributed by atoms with E-state index in [1.54, 1.807) is 0 Å². The number of thioether (sulfide) groups is 1. The third kappa shape index (κ3) is 5.17. The van der Waals surface area contributed by atoms with E-state index >= 15 is 0 Å². The molecule has 1 saturated heterocycles. The second-order valence-corrected chi connectivity index (χ2v) is 6.38. The number of hydrogen-bond donors (Lipinski definition) is 1. The maximum Gasteiger partial charge on any atom is 0.0237 e. The Morgan fingerprint density at radius 3 is 2.58 bits per heavy atom.